The monoisotopic (exact) mass is 266 g/mol. The van der Waals surface area contributed by atoms with Crippen LogP contribution in [0.25, 0.3) is 0 Å². The Balaban J connectivity index is 3.75. The lowest BCUT2D eigenvalue weighted by Crippen LogP contribution is -1.97. The minimum absolute atomic E-state index is 0.00684. The van der Waals surface area contributed by atoms with Crippen molar-refractivity contribution in [2.24, 2.45) is 0 Å². The number of aliphatic hydroxyl groups excluding tert-OH is 1. The van der Waals surface area contributed by atoms with Crippen LogP contribution in [0, 0.1) is 0 Å². The van der Waals surface area contributed by atoms with Crippen molar-refractivity contribution in [2.75, 3.05) is 0 Å². The number of carbonyl (C=O) groups is 2. The van der Waals surface area contributed by atoms with Crippen molar-refractivity contribution in [1.82, 2.24) is 0 Å². The van der Waals surface area contributed by atoms with E-state index in [1.165, 1.54) is 6.08 Å². The van der Waals surface area contributed by atoms with E-state index in [-0.39, 0.29) is 12.2 Å². The largest absolute Gasteiger partial charge is 0.481 e. The number of carbonyl (C=O) groups excluding carboxylic acids is 1. The van der Waals surface area contributed by atoms with Crippen LogP contribution >= 0.6 is 0 Å². The summed E-state index contributed by atoms with van der Waals surface area (Å²) in [4.78, 5) is 21.6. The quantitative estimate of drug-likeness (QED) is 0.362. The van der Waals surface area contributed by atoms with Gasteiger partial charge in [0.15, 0.2) is 5.78 Å². The lowest BCUT2D eigenvalue weighted by Gasteiger charge is -1.96. The van der Waals surface area contributed by atoms with Crippen LogP contribution in [0.4, 0.5) is 0 Å². The molecular weight excluding hydrogens is 244 g/mol. The number of carboxylic acids is 1. The summed E-state index contributed by atoms with van der Waals surface area (Å²) in [6.45, 7) is 1.89. The SMILES string of the molecule is CCC(O)C=CC=CC=CC(=O)CCCCC(=O)O. The molecule has 0 heterocycles. The number of hydrogen-bond donors (Lipinski definition) is 2. The minimum Gasteiger partial charge on any atom is -0.481 e. The zero-order valence-electron chi connectivity index (χ0n) is 11.3. The average molecular weight is 266 g/mol. The van der Waals surface area contributed by atoms with Crippen molar-refractivity contribution < 1.29 is 19.8 Å². The van der Waals surface area contributed by atoms with E-state index in [1.807, 2.05) is 6.92 Å². The molecule has 4 nitrogen and oxygen atoms in total. The number of hydrogen-bond acceptors (Lipinski definition) is 3. The van der Waals surface area contributed by atoms with Gasteiger partial charge in [0, 0.05) is 12.8 Å². The fraction of sp³-hybridized carbons (Fsp3) is 0.467. The number of aliphatic carboxylic acids is 1. The van der Waals surface area contributed by atoms with Gasteiger partial charge in [-0.2, -0.15) is 0 Å². The summed E-state index contributed by atoms with van der Waals surface area (Å²) in [6, 6.07) is 0. The summed E-state index contributed by atoms with van der Waals surface area (Å²) in [6.07, 6.45) is 11.9. The van der Waals surface area contributed by atoms with Crippen molar-refractivity contribution in [3.8, 4) is 0 Å². The lowest BCUT2D eigenvalue weighted by atomic mass is 10.1. The molecule has 0 spiro atoms. The van der Waals surface area contributed by atoms with Gasteiger partial charge in [-0.05, 0) is 25.3 Å². The topological polar surface area (TPSA) is 74.6 Å². The molecule has 0 amide bonds. The zero-order chi connectivity index (χ0) is 14.5. The van der Waals surface area contributed by atoms with Crippen LogP contribution in [0.15, 0.2) is 36.5 Å². The highest BCUT2D eigenvalue weighted by Crippen LogP contribution is 2.01. The first kappa shape index (κ1) is 17.3. The smallest absolute Gasteiger partial charge is 0.303 e. The van der Waals surface area contributed by atoms with Gasteiger partial charge >= 0.3 is 5.97 Å². The molecule has 0 aliphatic heterocycles. The first-order valence-electron chi connectivity index (χ1n) is 6.50. The Bertz CT molecular complexity index is 353. The molecule has 19 heavy (non-hydrogen) atoms. The maximum Gasteiger partial charge on any atom is 0.303 e. The van der Waals surface area contributed by atoms with Crippen molar-refractivity contribution in [2.45, 2.75) is 45.1 Å². The third-order valence-corrected chi connectivity index (χ3v) is 2.43. The van der Waals surface area contributed by atoms with Gasteiger partial charge in [-0.15, -0.1) is 0 Å². The number of unbranched alkanes of at least 4 members (excludes halogenated alkanes) is 1. The second kappa shape index (κ2) is 11.4. The molecule has 0 saturated heterocycles. The lowest BCUT2D eigenvalue weighted by molar-refractivity contribution is -0.137. The molecule has 1 atom stereocenters. The van der Waals surface area contributed by atoms with Crippen LogP contribution in [0.3, 0.4) is 0 Å². The summed E-state index contributed by atoms with van der Waals surface area (Å²) in [5.41, 5.74) is 0. The summed E-state index contributed by atoms with van der Waals surface area (Å²) < 4.78 is 0. The highest BCUT2D eigenvalue weighted by Gasteiger charge is 1.99. The fourth-order valence-electron chi connectivity index (χ4n) is 1.28. The highest BCUT2D eigenvalue weighted by atomic mass is 16.4. The van der Waals surface area contributed by atoms with Gasteiger partial charge in [0.2, 0.25) is 0 Å². The Morgan fingerprint density at radius 3 is 2.32 bits per heavy atom. The summed E-state index contributed by atoms with van der Waals surface area (Å²) in [5, 5.41) is 17.7. The van der Waals surface area contributed by atoms with E-state index in [9.17, 15) is 14.7 Å². The van der Waals surface area contributed by atoms with Crippen molar-refractivity contribution in [1.29, 1.82) is 0 Å². The van der Waals surface area contributed by atoms with E-state index >= 15 is 0 Å². The standard InChI is InChI=1S/C15H22O4/c1-2-13(16)9-5-3-4-6-10-14(17)11-7-8-12-15(18)19/h3-6,9-10,13,16H,2,7-8,11-12H2,1H3,(H,18,19). The third-order valence-electron chi connectivity index (χ3n) is 2.43. The minimum atomic E-state index is -0.827. The van der Waals surface area contributed by atoms with Crippen LogP contribution in [0.2, 0.25) is 0 Å². The molecule has 0 bridgehead atoms. The Hall–Kier alpha value is -1.68. The zero-order valence-corrected chi connectivity index (χ0v) is 11.3. The maximum atomic E-state index is 11.3. The average Bonchev–Trinajstić information content (AvgIpc) is 2.38. The van der Waals surface area contributed by atoms with E-state index in [0.29, 0.717) is 25.7 Å². The molecular formula is C15H22O4. The van der Waals surface area contributed by atoms with Crippen LogP contribution in [0.1, 0.15) is 39.0 Å². The van der Waals surface area contributed by atoms with Crippen LogP contribution < -0.4 is 0 Å². The van der Waals surface area contributed by atoms with Crippen LogP contribution in [0.5, 0.6) is 0 Å². The van der Waals surface area contributed by atoms with E-state index in [4.69, 9.17) is 5.11 Å². The second-order valence-corrected chi connectivity index (χ2v) is 4.17. The molecule has 106 valence electrons. The second-order valence-electron chi connectivity index (χ2n) is 4.17. The number of carboxylic acid groups (broad SMARTS) is 1. The molecule has 0 aromatic heterocycles. The number of aliphatic hydroxyl groups is 1. The van der Waals surface area contributed by atoms with E-state index in [0.717, 1.165) is 0 Å². The van der Waals surface area contributed by atoms with E-state index in [1.54, 1.807) is 30.4 Å². The fourth-order valence-corrected chi connectivity index (χ4v) is 1.28. The number of allylic oxidation sites excluding steroid dienone is 5. The van der Waals surface area contributed by atoms with Gasteiger partial charge in [0.25, 0.3) is 0 Å². The summed E-state index contributed by atoms with van der Waals surface area (Å²) in [7, 11) is 0. The Kier molecular flexibility index (Phi) is 10.4. The Morgan fingerprint density at radius 1 is 1.05 bits per heavy atom. The molecule has 0 aliphatic carbocycles. The molecule has 4 heteroatoms. The van der Waals surface area contributed by atoms with Gasteiger partial charge in [-0.25, -0.2) is 0 Å². The van der Waals surface area contributed by atoms with Gasteiger partial charge in [-0.1, -0.05) is 37.3 Å². The van der Waals surface area contributed by atoms with Crippen molar-refractivity contribution >= 4 is 11.8 Å². The molecule has 1 unspecified atom stereocenters. The first-order valence-corrected chi connectivity index (χ1v) is 6.50. The summed E-state index contributed by atoms with van der Waals surface area (Å²) in [5.74, 6) is -0.834. The highest BCUT2D eigenvalue weighted by molar-refractivity contribution is 5.89. The number of rotatable bonds is 10. The Labute approximate surface area is 114 Å². The molecule has 0 aliphatic rings. The number of ketones is 1. The van der Waals surface area contributed by atoms with Crippen LogP contribution in [-0.4, -0.2) is 28.1 Å². The van der Waals surface area contributed by atoms with Gasteiger partial charge in [0.05, 0.1) is 6.10 Å². The molecule has 0 saturated carbocycles. The van der Waals surface area contributed by atoms with Crippen LogP contribution in [-0.2, 0) is 9.59 Å². The van der Waals surface area contributed by atoms with E-state index in [2.05, 4.69) is 0 Å². The predicted molar refractivity (Wildman–Crippen MR) is 74.8 cm³/mol. The van der Waals surface area contributed by atoms with Gasteiger partial charge in [0.1, 0.15) is 0 Å². The molecule has 0 aromatic rings. The predicted octanol–water partition coefficient (Wildman–Crippen LogP) is 2.64. The third kappa shape index (κ3) is 12.6. The molecule has 0 aromatic carbocycles. The maximum absolute atomic E-state index is 11.3. The van der Waals surface area contributed by atoms with Gasteiger partial charge in [-0.3, -0.25) is 9.59 Å². The van der Waals surface area contributed by atoms with E-state index < -0.39 is 12.1 Å². The van der Waals surface area contributed by atoms with Gasteiger partial charge < -0.3 is 10.2 Å². The summed E-state index contributed by atoms with van der Waals surface area (Å²) >= 11 is 0. The molecule has 2 N–H and O–H groups in total. The van der Waals surface area contributed by atoms with Crippen molar-refractivity contribution in [3.05, 3.63) is 36.5 Å². The molecule has 0 rings (SSSR count). The Morgan fingerprint density at radius 2 is 1.68 bits per heavy atom. The first-order chi connectivity index (χ1) is 9.06. The molecule has 0 fully saturated rings. The van der Waals surface area contributed by atoms with Crippen molar-refractivity contribution in [3.63, 3.8) is 0 Å². The molecule has 0 radical (unpaired) electrons. The normalized spacial score (nSPS) is 13.6.